The van der Waals surface area contributed by atoms with Crippen LogP contribution in [-0.4, -0.2) is 73.4 Å². The van der Waals surface area contributed by atoms with E-state index in [0.717, 1.165) is 38.5 Å². The highest BCUT2D eigenvalue weighted by molar-refractivity contribution is 7.47. The highest BCUT2D eigenvalue weighted by Crippen LogP contribution is 2.43. The van der Waals surface area contributed by atoms with E-state index >= 15 is 0 Å². The molecule has 0 aromatic rings. The third-order valence-electron chi connectivity index (χ3n) is 9.92. The lowest BCUT2D eigenvalue weighted by Crippen LogP contribution is -2.45. The van der Waals surface area contributed by atoms with E-state index in [0.29, 0.717) is 17.4 Å². The molecule has 0 spiro atoms. The maximum atomic E-state index is 12.8. The summed E-state index contributed by atoms with van der Waals surface area (Å²) in [7, 11) is 1.56. The van der Waals surface area contributed by atoms with Gasteiger partial charge in [-0.25, -0.2) is 4.57 Å². The van der Waals surface area contributed by atoms with Crippen molar-refractivity contribution in [1.29, 1.82) is 0 Å². The first-order chi connectivity index (χ1) is 25.5. The number of amides is 1. The van der Waals surface area contributed by atoms with Gasteiger partial charge in [0.1, 0.15) is 13.2 Å². The lowest BCUT2D eigenvalue weighted by atomic mass is 10.0. The van der Waals surface area contributed by atoms with Crippen LogP contribution in [0.25, 0.3) is 0 Å². The zero-order chi connectivity index (χ0) is 39.3. The molecule has 0 saturated heterocycles. The number of hydrogen-bond acceptors (Lipinski definition) is 5. The third kappa shape index (κ3) is 39.0. The Morgan fingerprint density at radius 1 is 0.623 bits per heavy atom. The fourth-order valence-electron chi connectivity index (χ4n) is 6.35. The monoisotopic (exact) mass is 772 g/mol. The number of carbonyl (C=O) groups excluding carboxylic acids is 1. The van der Waals surface area contributed by atoms with Crippen molar-refractivity contribution < 1.29 is 32.9 Å². The highest BCUT2D eigenvalue weighted by atomic mass is 31.2. The lowest BCUT2D eigenvalue weighted by Gasteiger charge is -2.25. The fraction of sp³-hybridized carbons (Fsp3) is 0.886. The van der Waals surface area contributed by atoms with Gasteiger partial charge in [-0.3, -0.25) is 13.8 Å². The summed E-state index contributed by atoms with van der Waals surface area (Å²) in [4.78, 5) is 23.1. The van der Waals surface area contributed by atoms with E-state index in [-0.39, 0.29) is 19.1 Å². The minimum atomic E-state index is -4.34. The minimum Gasteiger partial charge on any atom is -0.387 e. The summed E-state index contributed by atoms with van der Waals surface area (Å²) in [6.45, 7) is 4.79. The Balaban J connectivity index is 4.45. The van der Waals surface area contributed by atoms with Crippen molar-refractivity contribution in [3.05, 3.63) is 24.3 Å². The molecule has 1 amide bonds. The number of nitrogens with one attached hydrogen (secondary N) is 1. The number of unbranched alkanes of at least 4 members (excludes halogenated alkanes) is 25. The molecule has 8 nitrogen and oxygen atoms in total. The third-order valence-corrected chi connectivity index (χ3v) is 10.9. The summed E-state index contributed by atoms with van der Waals surface area (Å²) >= 11 is 0. The van der Waals surface area contributed by atoms with Crippen molar-refractivity contribution in [1.82, 2.24) is 5.32 Å². The van der Waals surface area contributed by atoms with E-state index < -0.39 is 20.0 Å². The van der Waals surface area contributed by atoms with Crippen molar-refractivity contribution in [2.75, 3.05) is 40.9 Å². The van der Waals surface area contributed by atoms with Crippen LogP contribution in [0.1, 0.15) is 200 Å². The molecule has 3 unspecified atom stereocenters. The Kier molecular flexibility index (Phi) is 35.9. The topological polar surface area (TPSA) is 105 Å². The number of phosphoric acid groups is 1. The first-order valence-corrected chi connectivity index (χ1v) is 23.7. The quantitative estimate of drug-likeness (QED) is 0.0248. The molecule has 0 rings (SSSR count). The van der Waals surface area contributed by atoms with Gasteiger partial charge in [0.25, 0.3) is 0 Å². The molecule has 314 valence electrons. The van der Waals surface area contributed by atoms with Gasteiger partial charge in [0.2, 0.25) is 5.91 Å². The Morgan fingerprint density at radius 2 is 1.04 bits per heavy atom. The molecule has 0 fully saturated rings. The predicted octanol–water partition coefficient (Wildman–Crippen LogP) is 12.1. The normalized spacial score (nSPS) is 14.6. The van der Waals surface area contributed by atoms with Crippen molar-refractivity contribution in [2.45, 2.75) is 212 Å². The predicted molar refractivity (Wildman–Crippen MR) is 226 cm³/mol. The Bertz CT molecular complexity index is 922. The van der Waals surface area contributed by atoms with Crippen LogP contribution in [0.2, 0.25) is 0 Å². The molecule has 53 heavy (non-hydrogen) atoms. The number of carbonyl (C=O) groups is 1. The number of phosphoric ester groups is 1. The van der Waals surface area contributed by atoms with Crippen LogP contribution in [0.4, 0.5) is 0 Å². The molecule has 3 N–H and O–H groups in total. The first kappa shape index (κ1) is 52.0. The molecule has 9 heteroatoms. The zero-order valence-electron chi connectivity index (χ0n) is 35.5. The number of allylic oxidation sites excluding steroid dienone is 3. The largest absolute Gasteiger partial charge is 0.472 e. The standard InChI is InChI=1S/C44H87N2O6P/c1-6-8-10-12-14-16-18-20-21-22-23-24-25-26-27-29-31-33-35-37-43(47)42(41-52-53(49,50)51-40-39-46(3,4)5)45-44(48)38-36-34-32-30-28-19-17-15-13-11-9-7-2/h27,29,35,37,42-43,47H,6-26,28,30-34,36,38-41H2,1-5H3,(H-,45,48,49,50)/p+1/b29-27+,37-35+. The number of likely N-dealkylation sites (N-methyl/N-ethyl adjacent to an activating group) is 1. The van der Waals surface area contributed by atoms with E-state index in [9.17, 15) is 19.4 Å². The van der Waals surface area contributed by atoms with Gasteiger partial charge >= 0.3 is 7.82 Å². The number of aliphatic hydroxyl groups is 1. The van der Waals surface area contributed by atoms with E-state index in [4.69, 9.17) is 9.05 Å². The van der Waals surface area contributed by atoms with Gasteiger partial charge in [-0.15, -0.1) is 0 Å². The molecule has 0 aliphatic carbocycles. The van der Waals surface area contributed by atoms with Crippen LogP contribution in [0.3, 0.4) is 0 Å². The van der Waals surface area contributed by atoms with Gasteiger partial charge in [0, 0.05) is 6.42 Å². The molecule has 0 radical (unpaired) electrons. The Morgan fingerprint density at radius 3 is 1.51 bits per heavy atom. The molecule has 3 atom stereocenters. The zero-order valence-corrected chi connectivity index (χ0v) is 36.4. The highest BCUT2D eigenvalue weighted by Gasteiger charge is 2.27. The number of aliphatic hydroxyl groups excluding tert-OH is 1. The van der Waals surface area contributed by atoms with Gasteiger partial charge in [-0.05, 0) is 32.1 Å². The summed E-state index contributed by atoms with van der Waals surface area (Å²) in [5, 5.41) is 13.8. The SMILES string of the molecule is CCCCCCCCCCCCCCC/C=C/CC/C=C/C(O)C(COP(=O)(O)OCC[N+](C)(C)C)NC(=O)CCCCCCCCCCCCCC. The van der Waals surface area contributed by atoms with E-state index in [2.05, 4.69) is 31.3 Å². The average molecular weight is 772 g/mol. The van der Waals surface area contributed by atoms with Crippen molar-refractivity contribution in [3.8, 4) is 0 Å². The summed E-state index contributed by atoms with van der Waals surface area (Å²) in [5.74, 6) is -0.187. The van der Waals surface area contributed by atoms with Crippen LogP contribution >= 0.6 is 7.82 Å². The second-order valence-electron chi connectivity index (χ2n) is 16.4. The lowest BCUT2D eigenvalue weighted by molar-refractivity contribution is -0.870. The van der Waals surface area contributed by atoms with Gasteiger partial charge in [0.15, 0.2) is 0 Å². The van der Waals surface area contributed by atoms with Crippen LogP contribution in [0.15, 0.2) is 24.3 Å². The molecule has 0 aromatic heterocycles. The minimum absolute atomic E-state index is 0.0581. The maximum Gasteiger partial charge on any atom is 0.472 e. The fourth-order valence-corrected chi connectivity index (χ4v) is 7.09. The van der Waals surface area contributed by atoms with Gasteiger partial charge < -0.3 is 19.8 Å². The Labute approximate surface area is 328 Å². The van der Waals surface area contributed by atoms with Gasteiger partial charge in [0.05, 0.1) is 39.9 Å². The molecule has 0 bridgehead atoms. The second-order valence-corrected chi connectivity index (χ2v) is 17.9. The van der Waals surface area contributed by atoms with Crippen LogP contribution in [0.5, 0.6) is 0 Å². The van der Waals surface area contributed by atoms with Crippen molar-refractivity contribution >= 4 is 13.7 Å². The molecule has 0 saturated carbocycles. The van der Waals surface area contributed by atoms with Crippen LogP contribution < -0.4 is 5.32 Å². The molecular weight excluding hydrogens is 683 g/mol. The summed E-state index contributed by atoms with van der Waals surface area (Å²) in [6.07, 6.45) is 42.5. The smallest absolute Gasteiger partial charge is 0.387 e. The molecule has 0 aliphatic heterocycles. The van der Waals surface area contributed by atoms with Crippen LogP contribution in [-0.2, 0) is 18.4 Å². The maximum absolute atomic E-state index is 12.8. The summed E-state index contributed by atoms with van der Waals surface area (Å²) < 4.78 is 23.5. The van der Waals surface area contributed by atoms with Crippen molar-refractivity contribution in [2.24, 2.45) is 0 Å². The van der Waals surface area contributed by atoms with Crippen LogP contribution in [0, 0.1) is 0 Å². The molecule has 0 aliphatic rings. The molecular formula is C44H88N2O6P+. The average Bonchev–Trinajstić information content (AvgIpc) is 3.10. The van der Waals surface area contributed by atoms with E-state index in [1.165, 1.54) is 141 Å². The van der Waals surface area contributed by atoms with E-state index in [1.54, 1.807) is 6.08 Å². The van der Waals surface area contributed by atoms with Gasteiger partial charge in [-0.2, -0.15) is 0 Å². The molecule has 0 heterocycles. The number of rotatable bonds is 40. The summed E-state index contributed by atoms with van der Waals surface area (Å²) in [6, 6.07) is -0.857. The van der Waals surface area contributed by atoms with Crippen molar-refractivity contribution in [3.63, 3.8) is 0 Å². The number of hydrogen-bond donors (Lipinski definition) is 3. The van der Waals surface area contributed by atoms with E-state index in [1.807, 2.05) is 27.2 Å². The molecule has 0 aromatic carbocycles. The summed E-state index contributed by atoms with van der Waals surface area (Å²) in [5.41, 5.74) is 0. The van der Waals surface area contributed by atoms with Gasteiger partial charge in [-0.1, -0.05) is 186 Å². The number of quaternary nitrogens is 1. The first-order valence-electron chi connectivity index (χ1n) is 22.2. The number of nitrogens with zero attached hydrogens (tertiary/aromatic N) is 1. The Hall–Kier alpha value is -1.02. The second kappa shape index (κ2) is 36.6.